The summed E-state index contributed by atoms with van der Waals surface area (Å²) >= 11 is 0. The molecule has 1 aliphatic heterocycles. The highest BCUT2D eigenvalue weighted by atomic mass is 32.2. The first-order chi connectivity index (χ1) is 20.4. The van der Waals surface area contributed by atoms with Gasteiger partial charge in [0.25, 0.3) is 5.97 Å². The molecule has 0 aromatic heterocycles. The molecule has 0 bridgehead atoms. The van der Waals surface area contributed by atoms with E-state index in [4.69, 9.17) is 18.3 Å². The molecule has 1 N–H and O–H groups in total. The number of fused-ring (bicyclic) bond motifs is 1. The zero-order chi connectivity index (χ0) is 31.2. The topological polar surface area (TPSA) is 155 Å². The molecule has 0 spiro atoms. The van der Waals surface area contributed by atoms with Crippen molar-refractivity contribution in [1.82, 2.24) is 5.01 Å². The number of para-hydroxylation sites is 3. The van der Waals surface area contributed by atoms with E-state index in [1.807, 2.05) is 36.2 Å². The second-order valence-corrected chi connectivity index (χ2v) is 12.3. The molecule has 12 nitrogen and oxygen atoms in total. The number of carboxylic acids is 1. The minimum atomic E-state index is -4.44. The maximum atomic E-state index is 13.2. The summed E-state index contributed by atoms with van der Waals surface area (Å²) in [6.45, 7) is 1.78. The number of anilines is 1. The molecule has 0 saturated carbocycles. The SMILES string of the molecule is CC(=O)O.CN1Cc2cccc(N=Nc3cc(S(=O)(=O)Oc4ccccc4)cc(S(=O)(=O)Oc4ccccc4)c3)c2N1C. The Labute approximate surface area is 249 Å². The van der Waals surface area contributed by atoms with Crippen molar-refractivity contribution in [2.45, 2.75) is 23.3 Å². The lowest BCUT2D eigenvalue weighted by molar-refractivity contribution is -0.134. The van der Waals surface area contributed by atoms with Gasteiger partial charge in [0.15, 0.2) is 0 Å². The lowest BCUT2D eigenvalue weighted by Gasteiger charge is -2.21. The Balaban J connectivity index is 0.000000996. The van der Waals surface area contributed by atoms with Crippen LogP contribution in [-0.2, 0) is 31.6 Å². The molecule has 0 atom stereocenters. The number of benzene rings is 4. The van der Waals surface area contributed by atoms with Gasteiger partial charge in [-0.1, -0.05) is 48.5 Å². The maximum Gasteiger partial charge on any atom is 0.339 e. The molecule has 4 aromatic rings. The highest BCUT2D eigenvalue weighted by Crippen LogP contribution is 2.39. The first-order valence-corrected chi connectivity index (χ1v) is 15.5. The Hall–Kier alpha value is -4.79. The summed E-state index contributed by atoms with van der Waals surface area (Å²) < 4.78 is 63.1. The van der Waals surface area contributed by atoms with Gasteiger partial charge in [0.05, 0.1) is 11.4 Å². The van der Waals surface area contributed by atoms with E-state index < -0.39 is 36.0 Å². The number of nitrogens with zero attached hydrogens (tertiary/aromatic N) is 4. The van der Waals surface area contributed by atoms with E-state index in [-0.39, 0.29) is 17.2 Å². The molecule has 0 amide bonds. The average Bonchev–Trinajstić information content (AvgIpc) is 3.25. The summed E-state index contributed by atoms with van der Waals surface area (Å²) in [4.78, 5) is 8.15. The second-order valence-electron chi connectivity index (χ2n) is 9.21. The standard InChI is InChI=1S/C27H24N4O6S2.C2H4O2/c1-30-19-20-10-9-15-26(27(20)31(30)2)29-28-21-16-24(38(32,33)36-22-11-5-3-6-12-22)18-25(17-21)39(34,35)37-23-13-7-4-8-14-23;1-2(3)4/h3-18H,19H2,1-2H3;1H3,(H,3,4). The molecule has 0 fully saturated rings. The van der Waals surface area contributed by atoms with Crippen molar-refractivity contribution in [2.24, 2.45) is 10.2 Å². The van der Waals surface area contributed by atoms with Crippen LogP contribution < -0.4 is 13.4 Å². The number of hydrogen-bond donors (Lipinski definition) is 1. The van der Waals surface area contributed by atoms with E-state index in [0.29, 0.717) is 12.2 Å². The van der Waals surface area contributed by atoms with E-state index in [1.54, 1.807) is 42.5 Å². The highest BCUT2D eigenvalue weighted by molar-refractivity contribution is 7.88. The summed E-state index contributed by atoms with van der Waals surface area (Å²) in [6, 6.07) is 24.7. The van der Waals surface area contributed by atoms with Gasteiger partial charge < -0.3 is 18.5 Å². The monoisotopic (exact) mass is 624 g/mol. The predicted molar refractivity (Wildman–Crippen MR) is 159 cm³/mol. The molecule has 0 radical (unpaired) electrons. The van der Waals surface area contributed by atoms with Crippen LogP contribution >= 0.6 is 0 Å². The Bertz CT molecular complexity index is 1760. The Kier molecular flexibility index (Phi) is 9.43. The molecule has 1 heterocycles. The molecule has 5 rings (SSSR count). The number of carbonyl (C=O) groups is 1. The van der Waals surface area contributed by atoms with Gasteiger partial charge in [0, 0.05) is 27.6 Å². The van der Waals surface area contributed by atoms with Crippen molar-refractivity contribution in [3.8, 4) is 11.5 Å². The van der Waals surface area contributed by atoms with E-state index in [0.717, 1.165) is 24.2 Å². The lowest BCUT2D eigenvalue weighted by Crippen LogP contribution is -2.29. The molecule has 0 unspecified atom stereocenters. The van der Waals surface area contributed by atoms with E-state index in [9.17, 15) is 16.8 Å². The number of carboxylic acid groups (broad SMARTS) is 1. The van der Waals surface area contributed by atoms with E-state index in [2.05, 4.69) is 10.2 Å². The second kappa shape index (κ2) is 13.0. The summed E-state index contributed by atoms with van der Waals surface area (Å²) in [5.74, 6) is -0.692. The van der Waals surface area contributed by atoms with E-state index in [1.165, 1.54) is 36.4 Å². The van der Waals surface area contributed by atoms with Crippen LogP contribution in [0.25, 0.3) is 0 Å². The van der Waals surface area contributed by atoms with Crippen molar-refractivity contribution in [2.75, 3.05) is 19.1 Å². The fraction of sp³-hybridized carbons (Fsp3) is 0.138. The van der Waals surface area contributed by atoms with Gasteiger partial charge in [-0.3, -0.25) is 4.79 Å². The predicted octanol–water partition coefficient (Wildman–Crippen LogP) is 5.52. The highest BCUT2D eigenvalue weighted by Gasteiger charge is 2.26. The van der Waals surface area contributed by atoms with Crippen LogP contribution in [0, 0.1) is 0 Å². The fourth-order valence-corrected chi connectivity index (χ4v) is 6.07. The number of hydrogen-bond acceptors (Lipinski definition) is 11. The zero-order valence-electron chi connectivity index (χ0n) is 23.4. The molecule has 4 aromatic carbocycles. The van der Waals surface area contributed by atoms with Crippen LogP contribution in [0.15, 0.2) is 117 Å². The largest absolute Gasteiger partial charge is 0.481 e. The maximum absolute atomic E-state index is 13.2. The van der Waals surface area contributed by atoms with Crippen LogP contribution in [0.2, 0.25) is 0 Å². The first-order valence-electron chi connectivity index (χ1n) is 12.7. The number of aliphatic carboxylic acids is 1. The van der Waals surface area contributed by atoms with Crippen LogP contribution in [0.3, 0.4) is 0 Å². The average molecular weight is 625 g/mol. The van der Waals surface area contributed by atoms with Gasteiger partial charge in [0.1, 0.15) is 27.0 Å². The summed E-state index contributed by atoms with van der Waals surface area (Å²) in [7, 11) is -5.04. The number of azo groups is 1. The molecule has 43 heavy (non-hydrogen) atoms. The van der Waals surface area contributed by atoms with Crippen molar-refractivity contribution in [1.29, 1.82) is 0 Å². The summed E-state index contributed by atoms with van der Waals surface area (Å²) in [5, 5.41) is 19.9. The van der Waals surface area contributed by atoms with Gasteiger partial charge in [-0.25, -0.2) is 5.01 Å². The van der Waals surface area contributed by atoms with Gasteiger partial charge in [-0.2, -0.15) is 21.9 Å². The van der Waals surface area contributed by atoms with Crippen LogP contribution in [0.5, 0.6) is 11.5 Å². The van der Waals surface area contributed by atoms with Gasteiger partial charge in [0.2, 0.25) is 0 Å². The lowest BCUT2D eigenvalue weighted by atomic mass is 10.1. The molecule has 1 aliphatic rings. The molecule has 14 heteroatoms. The van der Waals surface area contributed by atoms with Crippen LogP contribution in [-0.4, -0.2) is 47.0 Å². The van der Waals surface area contributed by atoms with Crippen molar-refractivity contribution in [3.63, 3.8) is 0 Å². The van der Waals surface area contributed by atoms with Crippen molar-refractivity contribution in [3.05, 3.63) is 103 Å². The quantitative estimate of drug-likeness (QED) is 0.196. The zero-order valence-corrected chi connectivity index (χ0v) is 25.0. The molecule has 224 valence electrons. The van der Waals surface area contributed by atoms with Crippen LogP contribution in [0.4, 0.5) is 17.1 Å². The number of rotatable bonds is 8. The molecular formula is C29H28N4O8S2. The normalized spacial score (nSPS) is 13.2. The molecule has 0 saturated heterocycles. The van der Waals surface area contributed by atoms with Gasteiger partial charge in [-0.05, 0) is 54.1 Å². The minimum Gasteiger partial charge on any atom is -0.481 e. The van der Waals surface area contributed by atoms with Crippen molar-refractivity contribution < 1.29 is 35.1 Å². The smallest absolute Gasteiger partial charge is 0.339 e. The Morgan fingerprint density at radius 2 is 1.23 bits per heavy atom. The fourth-order valence-electron chi connectivity index (χ4n) is 4.00. The number of hydrazine groups is 1. The Morgan fingerprint density at radius 1 is 0.744 bits per heavy atom. The third kappa shape index (κ3) is 7.94. The summed E-state index contributed by atoms with van der Waals surface area (Å²) in [5.41, 5.74) is 2.41. The third-order valence-electron chi connectivity index (χ3n) is 5.95. The molecule has 0 aliphatic carbocycles. The summed E-state index contributed by atoms with van der Waals surface area (Å²) in [6.07, 6.45) is 0. The van der Waals surface area contributed by atoms with Crippen LogP contribution in [0.1, 0.15) is 12.5 Å². The first kappa shape index (κ1) is 31.2. The van der Waals surface area contributed by atoms with Gasteiger partial charge >= 0.3 is 20.2 Å². The Morgan fingerprint density at radius 3 is 1.72 bits per heavy atom. The van der Waals surface area contributed by atoms with Gasteiger partial charge in [-0.15, -0.1) is 5.11 Å². The minimum absolute atomic E-state index is 0.0189. The van der Waals surface area contributed by atoms with E-state index >= 15 is 0 Å². The third-order valence-corrected chi connectivity index (χ3v) is 8.40. The molecular weight excluding hydrogens is 596 g/mol. The van der Waals surface area contributed by atoms with Crippen molar-refractivity contribution >= 4 is 43.3 Å².